The molecule has 31 heteroatoms. The maximum atomic E-state index is 12.6. The molecule has 0 aliphatic carbocycles. The molecule has 0 spiro atoms. The lowest BCUT2D eigenvalue weighted by molar-refractivity contribution is -0.364. The largest absolute Gasteiger partial charge is 0.394 e. The summed E-state index contributed by atoms with van der Waals surface area (Å²) >= 11 is 0. The summed E-state index contributed by atoms with van der Waals surface area (Å²) in [6, 6.07) is -8.45. The summed E-state index contributed by atoms with van der Waals surface area (Å²) in [6.07, 6.45) is -34.8. The SMILES string of the molecule is CC(=O)NC(C=O)[C@@H](O)C(O[C@@H]1O[C@H](CO)[C@@H](O[C@@H]2O[C@H](CO)[C@@H](O[C@@H]3O[C@H](CO)[C@@H](O[C@@H]4O[C@H](CO)[C@@H](O)[C@H](O)[C@H]4NC(C)=O)[C@H](O)[C@H]3NC(C)=O)[C@H](O)[C@H]2NC(C)=O)[C@H](O)[C@H]1NC(C)=O)[C@H](O)CO. The Morgan fingerprint density at radius 1 is 0.493 bits per heavy atom. The standard InChI is InChI=1S/C40H67N5O26/c1-12(52)41-17(6-46)27(58)33(18(57)7-47)68-38-24(43-14(3)54)30(61)35(20(9-49)65-38)70-40-26(45-16(5)56)32(63)36(22(11-51)67-40)71-39-25(44-15(4)55)31(62)34(21(10-50)66-39)69-37-23(42-13(2)53)29(60)28(59)19(8-48)64-37/h6,17-40,47-51,57-63H,7-11H2,1-5H3,(H,41,52)(H,42,53)(H,43,54)(H,44,55)(H,45,56)/t17?,18-,19-,20-,21-,22-,23-,24-,25-,26-,27-,28-,29-,30-,31-,32-,33?,34-,35-,36-,37+,38+,39+,40+/m1/s1. The first-order valence-corrected chi connectivity index (χ1v) is 22.3. The highest BCUT2D eigenvalue weighted by molar-refractivity contribution is 5.77. The maximum Gasteiger partial charge on any atom is 0.217 e. The van der Waals surface area contributed by atoms with Gasteiger partial charge in [-0.05, 0) is 0 Å². The van der Waals surface area contributed by atoms with E-state index in [4.69, 9.17) is 37.9 Å². The molecule has 4 fully saturated rings. The summed E-state index contributed by atoms with van der Waals surface area (Å²) in [5.41, 5.74) is 0. The molecule has 408 valence electrons. The Labute approximate surface area is 404 Å². The van der Waals surface area contributed by atoms with E-state index in [1.54, 1.807) is 0 Å². The van der Waals surface area contributed by atoms with Crippen LogP contribution in [-0.4, -0.2) is 277 Å². The average molecular weight is 1030 g/mol. The zero-order valence-corrected chi connectivity index (χ0v) is 39.1. The second-order valence-electron chi connectivity index (χ2n) is 17.3. The molecule has 31 nitrogen and oxygen atoms in total. The zero-order chi connectivity index (χ0) is 53.2. The van der Waals surface area contributed by atoms with Crippen LogP contribution in [0.2, 0.25) is 0 Å². The van der Waals surface area contributed by atoms with E-state index in [0.29, 0.717) is 0 Å². The summed E-state index contributed by atoms with van der Waals surface area (Å²) in [5.74, 6) is -3.97. The quantitative estimate of drug-likeness (QED) is 0.0448. The number of aldehydes is 1. The highest BCUT2D eigenvalue weighted by Gasteiger charge is 2.57. The van der Waals surface area contributed by atoms with E-state index in [9.17, 15) is 90.0 Å². The Kier molecular flexibility index (Phi) is 22.7. The molecular formula is C40H67N5O26. The van der Waals surface area contributed by atoms with Crippen LogP contribution in [0.1, 0.15) is 34.6 Å². The van der Waals surface area contributed by atoms with Gasteiger partial charge in [-0.3, -0.25) is 24.0 Å². The maximum absolute atomic E-state index is 12.6. The van der Waals surface area contributed by atoms with Crippen molar-refractivity contribution in [3.63, 3.8) is 0 Å². The molecule has 17 N–H and O–H groups in total. The van der Waals surface area contributed by atoms with E-state index in [1.807, 2.05) is 0 Å². The Morgan fingerprint density at radius 2 is 0.817 bits per heavy atom. The summed E-state index contributed by atoms with van der Waals surface area (Å²) in [4.78, 5) is 73.2. The fourth-order valence-corrected chi connectivity index (χ4v) is 8.57. The number of carbonyl (C=O) groups is 6. The number of carbonyl (C=O) groups excluding carboxylic acids is 6. The molecule has 0 aromatic rings. The lowest BCUT2D eigenvalue weighted by Crippen LogP contribution is -2.72. The molecule has 0 radical (unpaired) electrons. The number of aliphatic hydroxyl groups excluding tert-OH is 12. The van der Waals surface area contributed by atoms with Gasteiger partial charge in [0.1, 0.15) is 128 Å². The number of nitrogens with one attached hydrogen (secondary N) is 5. The smallest absolute Gasteiger partial charge is 0.217 e. The molecule has 0 aromatic heterocycles. The predicted molar refractivity (Wildman–Crippen MR) is 226 cm³/mol. The van der Waals surface area contributed by atoms with Crippen molar-refractivity contribution < 1.29 is 128 Å². The van der Waals surface area contributed by atoms with Gasteiger partial charge in [0.25, 0.3) is 0 Å². The third-order valence-corrected chi connectivity index (χ3v) is 11.9. The van der Waals surface area contributed by atoms with E-state index >= 15 is 0 Å². The van der Waals surface area contributed by atoms with Crippen LogP contribution < -0.4 is 26.6 Å². The van der Waals surface area contributed by atoms with Gasteiger partial charge >= 0.3 is 0 Å². The molecule has 2 unspecified atom stereocenters. The highest BCUT2D eigenvalue weighted by Crippen LogP contribution is 2.35. The predicted octanol–water partition coefficient (Wildman–Crippen LogP) is -11.4. The molecule has 5 amide bonds. The van der Waals surface area contributed by atoms with Gasteiger partial charge in [0.15, 0.2) is 25.2 Å². The van der Waals surface area contributed by atoms with Crippen LogP contribution in [0.15, 0.2) is 0 Å². The van der Waals surface area contributed by atoms with Crippen LogP contribution in [-0.2, 0) is 66.7 Å². The molecule has 0 bridgehead atoms. The molecule has 4 saturated heterocycles. The van der Waals surface area contributed by atoms with Crippen LogP contribution in [0.4, 0.5) is 0 Å². The Morgan fingerprint density at radius 3 is 1.13 bits per heavy atom. The first kappa shape index (κ1) is 59.8. The minimum Gasteiger partial charge on any atom is -0.394 e. The molecule has 4 rings (SSSR count). The first-order valence-electron chi connectivity index (χ1n) is 22.3. The van der Waals surface area contributed by atoms with Crippen molar-refractivity contribution in [3.8, 4) is 0 Å². The zero-order valence-electron chi connectivity index (χ0n) is 39.1. The fourth-order valence-electron chi connectivity index (χ4n) is 8.57. The van der Waals surface area contributed by atoms with Crippen molar-refractivity contribution in [3.05, 3.63) is 0 Å². The molecule has 0 saturated carbocycles. The molecule has 4 heterocycles. The van der Waals surface area contributed by atoms with Crippen LogP contribution in [0.5, 0.6) is 0 Å². The minimum absolute atomic E-state index is 0.105. The summed E-state index contributed by atoms with van der Waals surface area (Å²) in [6.45, 7) is 0.186. The van der Waals surface area contributed by atoms with E-state index in [-0.39, 0.29) is 6.29 Å². The van der Waals surface area contributed by atoms with Crippen LogP contribution in [0, 0.1) is 0 Å². The van der Waals surface area contributed by atoms with E-state index in [0.717, 1.165) is 34.6 Å². The molecule has 4 aliphatic heterocycles. The lowest BCUT2D eigenvalue weighted by atomic mass is 9.93. The van der Waals surface area contributed by atoms with Crippen molar-refractivity contribution in [2.45, 2.75) is 182 Å². The van der Waals surface area contributed by atoms with Gasteiger partial charge in [0.05, 0.1) is 33.0 Å². The monoisotopic (exact) mass is 1030 g/mol. The van der Waals surface area contributed by atoms with Gasteiger partial charge in [0.2, 0.25) is 29.5 Å². The van der Waals surface area contributed by atoms with Gasteiger partial charge in [0, 0.05) is 34.6 Å². The highest BCUT2D eigenvalue weighted by atomic mass is 16.8. The second kappa shape index (κ2) is 27.0. The molecule has 4 aliphatic rings. The molecular weight excluding hydrogens is 966 g/mol. The second-order valence-corrected chi connectivity index (χ2v) is 17.3. The third-order valence-electron chi connectivity index (χ3n) is 11.9. The van der Waals surface area contributed by atoms with Crippen LogP contribution in [0.3, 0.4) is 0 Å². The van der Waals surface area contributed by atoms with Gasteiger partial charge < -0.3 is 131 Å². The van der Waals surface area contributed by atoms with Crippen LogP contribution in [0.25, 0.3) is 0 Å². The summed E-state index contributed by atoms with van der Waals surface area (Å²) < 4.78 is 47.2. The van der Waals surface area contributed by atoms with Gasteiger partial charge in [-0.2, -0.15) is 0 Å². The number of ether oxygens (including phenoxy) is 8. The van der Waals surface area contributed by atoms with E-state index in [2.05, 4.69) is 26.6 Å². The van der Waals surface area contributed by atoms with Gasteiger partial charge in [-0.25, -0.2) is 0 Å². The molecule has 24 atom stereocenters. The number of hydrogen-bond donors (Lipinski definition) is 17. The van der Waals surface area contributed by atoms with Crippen molar-refractivity contribution in [2.75, 3.05) is 33.0 Å². The lowest BCUT2D eigenvalue weighted by Gasteiger charge is -2.51. The average Bonchev–Trinajstić information content (AvgIpc) is 3.31. The number of rotatable bonds is 22. The third kappa shape index (κ3) is 14.7. The van der Waals surface area contributed by atoms with Gasteiger partial charge in [-0.15, -0.1) is 0 Å². The van der Waals surface area contributed by atoms with E-state index in [1.165, 1.54) is 0 Å². The topological polar surface area (TPSA) is 479 Å². The minimum atomic E-state index is -2.09. The van der Waals surface area contributed by atoms with Crippen molar-refractivity contribution in [2.24, 2.45) is 0 Å². The van der Waals surface area contributed by atoms with Gasteiger partial charge in [-0.1, -0.05) is 0 Å². The van der Waals surface area contributed by atoms with Crippen LogP contribution >= 0.6 is 0 Å². The number of hydrogen-bond acceptors (Lipinski definition) is 26. The number of aliphatic hydroxyl groups is 12. The molecule has 0 aromatic carbocycles. The number of amides is 5. The van der Waals surface area contributed by atoms with Crippen molar-refractivity contribution in [1.29, 1.82) is 0 Å². The summed E-state index contributed by atoms with van der Waals surface area (Å²) in [5, 5.41) is 141. The first-order chi connectivity index (χ1) is 33.5. The van der Waals surface area contributed by atoms with E-state index < -0.39 is 209 Å². The summed E-state index contributed by atoms with van der Waals surface area (Å²) in [7, 11) is 0. The normalized spacial score (nSPS) is 39.2. The fraction of sp³-hybridized carbons (Fsp3) is 0.850. The van der Waals surface area contributed by atoms with Crippen molar-refractivity contribution >= 4 is 35.8 Å². The van der Waals surface area contributed by atoms with Crippen molar-refractivity contribution in [1.82, 2.24) is 26.6 Å². The molecule has 71 heavy (non-hydrogen) atoms. The Balaban J connectivity index is 1.63. The Hall–Kier alpha value is -3.78. The Bertz CT molecular complexity index is 1780.